The lowest BCUT2D eigenvalue weighted by molar-refractivity contribution is 0.601. The fourth-order valence-corrected chi connectivity index (χ4v) is 4.49. The van der Waals surface area contributed by atoms with Crippen molar-refractivity contribution in [2.75, 3.05) is 4.72 Å². The number of aromatic nitrogens is 4. The summed E-state index contributed by atoms with van der Waals surface area (Å²) in [6, 6.07) is 19.8. The SMILES string of the molecule is Cc1ccc(-c2cn3ccccc3n2)cc1NS(=O)(=O)c1ccc(-n2cccn2)cc1. The van der Waals surface area contributed by atoms with Crippen molar-refractivity contribution in [1.29, 1.82) is 0 Å². The molecule has 0 aliphatic carbocycles. The van der Waals surface area contributed by atoms with Crippen LogP contribution in [0.2, 0.25) is 0 Å². The molecular formula is C23H19N5O2S. The summed E-state index contributed by atoms with van der Waals surface area (Å²) in [5, 5.41) is 4.16. The minimum absolute atomic E-state index is 0.181. The van der Waals surface area contributed by atoms with Crippen molar-refractivity contribution in [3.63, 3.8) is 0 Å². The number of aryl methyl sites for hydroxylation is 1. The first-order valence-electron chi connectivity index (χ1n) is 9.67. The maximum absolute atomic E-state index is 13.0. The number of rotatable bonds is 5. The molecule has 5 rings (SSSR count). The van der Waals surface area contributed by atoms with Crippen LogP contribution < -0.4 is 4.72 Å². The van der Waals surface area contributed by atoms with Crippen LogP contribution in [0.3, 0.4) is 0 Å². The monoisotopic (exact) mass is 429 g/mol. The molecule has 0 amide bonds. The first-order chi connectivity index (χ1) is 15.0. The largest absolute Gasteiger partial charge is 0.306 e. The van der Waals surface area contributed by atoms with E-state index in [0.29, 0.717) is 5.69 Å². The number of hydrogen-bond acceptors (Lipinski definition) is 4. The van der Waals surface area contributed by atoms with Crippen molar-refractivity contribution < 1.29 is 8.42 Å². The zero-order valence-corrected chi connectivity index (χ0v) is 17.5. The van der Waals surface area contributed by atoms with E-state index in [4.69, 9.17) is 0 Å². The van der Waals surface area contributed by atoms with Gasteiger partial charge in [-0.15, -0.1) is 0 Å². The summed E-state index contributed by atoms with van der Waals surface area (Å²) in [5.41, 5.74) is 4.57. The van der Waals surface area contributed by atoms with Crippen molar-refractivity contribution in [3.8, 4) is 16.9 Å². The van der Waals surface area contributed by atoms with Crippen LogP contribution in [-0.2, 0) is 10.0 Å². The Hall–Kier alpha value is -3.91. The second-order valence-electron chi connectivity index (χ2n) is 7.17. The molecule has 0 radical (unpaired) electrons. The highest BCUT2D eigenvalue weighted by molar-refractivity contribution is 7.92. The fourth-order valence-electron chi connectivity index (χ4n) is 3.37. The average molecular weight is 430 g/mol. The molecule has 0 spiro atoms. The van der Waals surface area contributed by atoms with Gasteiger partial charge in [0.1, 0.15) is 5.65 Å². The molecule has 1 N–H and O–H groups in total. The van der Waals surface area contributed by atoms with Crippen molar-refractivity contribution in [1.82, 2.24) is 19.2 Å². The number of hydrogen-bond donors (Lipinski definition) is 1. The molecule has 7 nitrogen and oxygen atoms in total. The lowest BCUT2D eigenvalue weighted by atomic mass is 10.1. The van der Waals surface area contributed by atoms with Crippen LogP contribution in [0.1, 0.15) is 5.56 Å². The molecule has 8 heteroatoms. The van der Waals surface area contributed by atoms with E-state index < -0.39 is 10.0 Å². The Morgan fingerprint density at radius 3 is 2.52 bits per heavy atom. The predicted molar refractivity (Wildman–Crippen MR) is 120 cm³/mol. The van der Waals surface area contributed by atoms with Gasteiger partial charge in [0, 0.05) is 30.4 Å². The molecule has 5 aromatic rings. The summed E-state index contributed by atoms with van der Waals surface area (Å²) in [5.74, 6) is 0. The number of fused-ring (bicyclic) bond motifs is 1. The Kier molecular flexibility index (Phi) is 4.56. The number of anilines is 1. The fraction of sp³-hybridized carbons (Fsp3) is 0.0435. The van der Waals surface area contributed by atoms with Crippen molar-refractivity contribution in [2.24, 2.45) is 0 Å². The summed E-state index contributed by atoms with van der Waals surface area (Å²) in [7, 11) is -3.75. The topological polar surface area (TPSA) is 81.3 Å². The Labute approximate surface area is 179 Å². The Bertz CT molecular complexity index is 1440. The molecule has 0 saturated heterocycles. The molecule has 31 heavy (non-hydrogen) atoms. The number of nitrogens with one attached hydrogen (secondary N) is 1. The summed E-state index contributed by atoms with van der Waals surface area (Å²) in [4.78, 5) is 4.80. The summed E-state index contributed by atoms with van der Waals surface area (Å²) < 4.78 is 32.3. The second kappa shape index (κ2) is 7.41. The molecule has 0 saturated carbocycles. The van der Waals surface area contributed by atoms with Crippen LogP contribution in [0.4, 0.5) is 5.69 Å². The van der Waals surface area contributed by atoms with Gasteiger partial charge in [-0.3, -0.25) is 4.72 Å². The number of imidazole rings is 1. The predicted octanol–water partition coefficient (Wildman–Crippen LogP) is 4.30. The van der Waals surface area contributed by atoms with Crippen molar-refractivity contribution >= 4 is 21.4 Å². The molecule has 0 bridgehead atoms. The molecule has 0 atom stereocenters. The van der Waals surface area contributed by atoms with E-state index in [1.54, 1.807) is 41.3 Å². The number of nitrogens with zero attached hydrogens (tertiary/aromatic N) is 4. The molecule has 0 aliphatic rings. The first-order valence-corrected chi connectivity index (χ1v) is 11.2. The molecular weight excluding hydrogens is 410 g/mol. The van der Waals surface area contributed by atoms with Gasteiger partial charge in [-0.25, -0.2) is 18.1 Å². The molecule has 3 heterocycles. The normalized spacial score (nSPS) is 11.6. The lowest BCUT2D eigenvalue weighted by Gasteiger charge is -2.12. The average Bonchev–Trinajstić information content (AvgIpc) is 3.45. The first kappa shape index (κ1) is 19.1. The van der Waals surface area contributed by atoms with Gasteiger partial charge >= 0.3 is 0 Å². The van der Waals surface area contributed by atoms with E-state index in [1.807, 2.05) is 66.2 Å². The minimum Gasteiger partial charge on any atom is -0.306 e. The number of sulfonamides is 1. The molecule has 154 valence electrons. The van der Waals surface area contributed by atoms with E-state index in [0.717, 1.165) is 28.2 Å². The van der Waals surface area contributed by atoms with Gasteiger partial charge < -0.3 is 4.40 Å². The Balaban J connectivity index is 1.45. The maximum atomic E-state index is 13.0. The third-order valence-electron chi connectivity index (χ3n) is 5.06. The van der Waals surface area contributed by atoms with E-state index in [9.17, 15) is 8.42 Å². The van der Waals surface area contributed by atoms with Gasteiger partial charge in [0.2, 0.25) is 0 Å². The van der Waals surface area contributed by atoms with Crippen LogP contribution >= 0.6 is 0 Å². The highest BCUT2D eigenvalue weighted by Crippen LogP contribution is 2.27. The molecule has 0 aliphatic heterocycles. The van der Waals surface area contributed by atoms with Crippen LogP contribution in [0.25, 0.3) is 22.6 Å². The Morgan fingerprint density at radius 1 is 0.935 bits per heavy atom. The summed E-state index contributed by atoms with van der Waals surface area (Å²) >= 11 is 0. The van der Waals surface area contributed by atoms with Crippen LogP contribution in [0.5, 0.6) is 0 Å². The van der Waals surface area contributed by atoms with Gasteiger partial charge in [0.05, 0.1) is 22.0 Å². The zero-order valence-electron chi connectivity index (χ0n) is 16.7. The van der Waals surface area contributed by atoms with Crippen molar-refractivity contribution in [2.45, 2.75) is 11.8 Å². The standard InChI is InChI=1S/C23H19N5O2S/c1-17-6-7-18(22-16-27-13-3-2-5-23(27)25-22)15-21(17)26-31(29,30)20-10-8-19(9-11-20)28-14-4-12-24-28/h2-16,26H,1H3. The van der Waals surface area contributed by atoms with Gasteiger partial charge in [-0.05, 0) is 61.0 Å². The van der Waals surface area contributed by atoms with Gasteiger partial charge in [-0.2, -0.15) is 5.10 Å². The van der Waals surface area contributed by atoms with Crippen LogP contribution in [0, 0.1) is 6.92 Å². The third kappa shape index (κ3) is 3.69. The maximum Gasteiger partial charge on any atom is 0.261 e. The smallest absolute Gasteiger partial charge is 0.261 e. The molecule has 0 fully saturated rings. The van der Waals surface area contributed by atoms with Gasteiger partial charge in [0.25, 0.3) is 10.0 Å². The molecule has 2 aromatic carbocycles. The van der Waals surface area contributed by atoms with Gasteiger partial charge in [0.15, 0.2) is 0 Å². The third-order valence-corrected chi connectivity index (χ3v) is 6.44. The van der Waals surface area contributed by atoms with E-state index in [-0.39, 0.29) is 4.90 Å². The van der Waals surface area contributed by atoms with E-state index in [1.165, 1.54) is 0 Å². The zero-order chi connectivity index (χ0) is 21.4. The highest BCUT2D eigenvalue weighted by Gasteiger charge is 2.16. The van der Waals surface area contributed by atoms with Gasteiger partial charge in [-0.1, -0.05) is 18.2 Å². The second-order valence-corrected chi connectivity index (χ2v) is 8.85. The van der Waals surface area contributed by atoms with E-state index >= 15 is 0 Å². The van der Waals surface area contributed by atoms with Crippen LogP contribution in [-0.4, -0.2) is 27.6 Å². The molecule has 0 unspecified atom stereocenters. The summed E-state index contributed by atoms with van der Waals surface area (Å²) in [6.07, 6.45) is 7.32. The van der Waals surface area contributed by atoms with E-state index in [2.05, 4.69) is 14.8 Å². The highest BCUT2D eigenvalue weighted by atomic mass is 32.2. The quantitative estimate of drug-likeness (QED) is 0.452. The number of benzene rings is 2. The van der Waals surface area contributed by atoms with Crippen LogP contribution in [0.15, 0.2) is 96.4 Å². The summed E-state index contributed by atoms with van der Waals surface area (Å²) in [6.45, 7) is 1.87. The number of pyridine rings is 1. The minimum atomic E-state index is -3.75. The van der Waals surface area contributed by atoms with Crippen molar-refractivity contribution in [3.05, 3.63) is 97.1 Å². The lowest BCUT2D eigenvalue weighted by Crippen LogP contribution is -2.14. The Morgan fingerprint density at radius 2 is 1.77 bits per heavy atom. The molecule has 3 aromatic heterocycles.